The summed E-state index contributed by atoms with van der Waals surface area (Å²) >= 11 is 0. The largest absolute Gasteiger partial charge is 0.479 e. The molecule has 158 valence electrons. The van der Waals surface area contributed by atoms with Crippen LogP contribution in [-0.2, 0) is 4.79 Å². The summed E-state index contributed by atoms with van der Waals surface area (Å²) in [6.45, 7) is 1.64. The number of hydrogen-bond donors (Lipinski definition) is 0. The lowest BCUT2D eigenvalue weighted by molar-refractivity contribution is -0.141. The van der Waals surface area contributed by atoms with Gasteiger partial charge in [-0.25, -0.2) is 4.79 Å². The Balaban J connectivity index is 1.35. The molecular formula is C28H22O4. The molecule has 0 saturated heterocycles. The van der Waals surface area contributed by atoms with Gasteiger partial charge in [0.2, 0.25) is 0 Å². The van der Waals surface area contributed by atoms with Crippen molar-refractivity contribution in [3.8, 4) is 22.6 Å². The first-order valence-corrected chi connectivity index (χ1v) is 10.3. The number of ether oxygens (including phenoxy) is 2. The van der Waals surface area contributed by atoms with Crippen LogP contribution in [0.1, 0.15) is 22.8 Å². The van der Waals surface area contributed by atoms with E-state index < -0.39 is 12.1 Å². The maximum atomic E-state index is 12.5. The lowest BCUT2D eigenvalue weighted by Gasteiger charge is -2.14. The SMILES string of the molecule is CC(Oc1ccc(-c2ccccc2)cc1)C(=O)Oc1ccc(C(=O)c2ccccc2)cc1. The van der Waals surface area contributed by atoms with Gasteiger partial charge in [0, 0.05) is 11.1 Å². The summed E-state index contributed by atoms with van der Waals surface area (Å²) in [5, 5.41) is 0. The molecule has 0 aliphatic heterocycles. The van der Waals surface area contributed by atoms with Gasteiger partial charge < -0.3 is 9.47 Å². The summed E-state index contributed by atoms with van der Waals surface area (Å²) in [4.78, 5) is 24.9. The van der Waals surface area contributed by atoms with Gasteiger partial charge in [-0.2, -0.15) is 0 Å². The van der Waals surface area contributed by atoms with Crippen LogP contribution in [0.3, 0.4) is 0 Å². The summed E-state index contributed by atoms with van der Waals surface area (Å²) in [7, 11) is 0. The molecule has 0 aliphatic rings. The molecule has 0 bridgehead atoms. The van der Waals surface area contributed by atoms with Gasteiger partial charge in [0.25, 0.3) is 0 Å². The molecule has 4 heteroatoms. The number of hydrogen-bond acceptors (Lipinski definition) is 4. The number of esters is 1. The molecule has 1 atom stereocenters. The van der Waals surface area contributed by atoms with E-state index in [0.29, 0.717) is 22.6 Å². The van der Waals surface area contributed by atoms with E-state index in [0.717, 1.165) is 11.1 Å². The smallest absolute Gasteiger partial charge is 0.352 e. The minimum absolute atomic E-state index is 0.0841. The Morgan fingerprint density at radius 1 is 0.594 bits per heavy atom. The number of rotatable bonds is 7. The van der Waals surface area contributed by atoms with Crippen LogP contribution in [-0.4, -0.2) is 17.9 Å². The summed E-state index contributed by atoms with van der Waals surface area (Å²) < 4.78 is 11.1. The summed E-state index contributed by atoms with van der Waals surface area (Å²) in [6, 6.07) is 33.1. The third-order valence-corrected chi connectivity index (χ3v) is 4.98. The Morgan fingerprint density at radius 2 is 1.09 bits per heavy atom. The Bertz CT molecular complexity index is 1180. The second-order valence-electron chi connectivity index (χ2n) is 7.29. The van der Waals surface area contributed by atoms with Gasteiger partial charge in [-0.15, -0.1) is 0 Å². The second kappa shape index (κ2) is 9.75. The van der Waals surface area contributed by atoms with E-state index in [1.807, 2.05) is 72.8 Å². The Labute approximate surface area is 187 Å². The van der Waals surface area contributed by atoms with Crippen molar-refractivity contribution in [1.29, 1.82) is 0 Å². The maximum absolute atomic E-state index is 12.5. The fraction of sp³-hybridized carbons (Fsp3) is 0.0714. The van der Waals surface area contributed by atoms with Gasteiger partial charge in [-0.3, -0.25) is 4.79 Å². The van der Waals surface area contributed by atoms with Crippen molar-refractivity contribution < 1.29 is 19.1 Å². The van der Waals surface area contributed by atoms with E-state index in [2.05, 4.69) is 0 Å². The lowest BCUT2D eigenvalue weighted by atomic mass is 10.0. The van der Waals surface area contributed by atoms with Crippen molar-refractivity contribution in [2.24, 2.45) is 0 Å². The molecule has 0 aromatic heterocycles. The highest BCUT2D eigenvalue weighted by Crippen LogP contribution is 2.23. The lowest BCUT2D eigenvalue weighted by Crippen LogP contribution is -2.28. The molecule has 32 heavy (non-hydrogen) atoms. The van der Waals surface area contributed by atoms with Gasteiger partial charge in [0.1, 0.15) is 11.5 Å². The van der Waals surface area contributed by atoms with Crippen molar-refractivity contribution in [3.05, 3.63) is 120 Å². The number of carbonyl (C=O) groups is 2. The quantitative estimate of drug-likeness (QED) is 0.210. The molecule has 0 N–H and O–H groups in total. The van der Waals surface area contributed by atoms with E-state index in [4.69, 9.17) is 9.47 Å². The molecule has 4 rings (SSSR count). The van der Waals surface area contributed by atoms with Crippen molar-refractivity contribution in [3.63, 3.8) is 0 Å². The highest BCUT2D eigenvalue weighted by atomic mass is 16.6. The average Bonchev–Trinajstić information content (AvgIpc) is 2.85. The topological polar surface area (TPSA) is 52.6 Å². The first-order chi connectivity index (χ1) is 15.6. The third-order valence-electron chi connectivity index (χ3n) is 4.98. The highest BCUT2D eigenvalue weighted by molar-refractivity contribution is 6.09. The molecule has 4 nitrogen and oxygen atoms in total. The first-order valence-electron chi connectivity index (χ1n) is 10.3. The zero-order valence-electron chi connectivity index (χ0n) is 17.6. The van der Waals surface area contributed by atoms with Crippen molar-refractivity contribution in [2.45, 2.75) is 13.0 Å². The minimum atomic E-state index is -0.789. The second-order valence-corrected chi connectivity index (χ2v) is 7.29. The zero-order valence-corrected chi connectivity index (χ0v) is 17.6. The van der Waals surface area contributed by atoms with Crippen LogP contribution in [0.5, 0.6) is 11.5 Å². The highest BCUT2D eigenvalue weighted by Gasteiger charge is 2.18. The molecular weight excluding hydrogens is 400 g/mol. The molecule has 0 amide bonds. The predicted octanol–water partition coefficient (Wildman–Crippen LogP) is 5.96. The fourth-order valence-electron chi connectivity index (χ4n) is 3.24. The maximum Gasteiger partial charge on any atom is 0.352 e. The van der Waals surface area contributed by atoms with Crippen LogP contribution in [0, 0.1) is 0 Å². The summed E-state index contributed by atoms with van der Waals surface area (Å²) in [5.41, 5.74) is 3.32. The zero-order chi connectivity index (χ0) is 22.3. The fourth-order valence-corrected chi connectivity index (χ4v) is 3.24. The van der Waals surface area contributed by atoms with E-state index >= 15 is 0 Å². The third kappa shape index (κ3) is 5.10. The standard InChI is InChI=1S/C28H22O4/c1-20(31-25-16-12-22(13-17-25)21-8-4-2-5-9-21)28(30)32-26-18-14-24(15-19-26)27(29)23-10-6-3-7-11-23/h2-20H,1H3. The van der Waals surface area contributed by atoms with Crippen LogP contribution >= 0.6 is 0 Å². The van der Waals surface area contributed by atoms with E-state index in [-0.39, 0.29) is 5.78 Å². The number of carbonyl (C=O) groups excluding carboxylic acids is 2. The number of benzene rings is 4. The van der Waals surface area contributed by atoms with Gasteiger partial charge in [0.05, 0.1) is 0 Å². The average molecular weight is 422 g/mol. The van der Waals surface area contributed by atoms with Gasteiger partial charge in [0.15, 0.2) is 11.9 Å². The van der Waals surface area contributed by atoms with Crippen molar-refractivity contribution in [1.82, 2.24) is 0 Å². The molecule has 0 aliphatic carbocycles. The van der Waals surface area contributed by atoms with Crippen molar-refractivity contribution in [2.75, 3.05) is 0 Å². The van der Waals surface area contributed by atoms with Gasteiger partial charge in [-0.05, 0) is 54.4 Å². The van der Waals surface area contributed by atoms with Crippen LogP contribution in [0.25, 0.3) is 11.1 Å². The Kier molecular flexibility index (Phi) is 6.42. The van der Waals surface area contributed by atoms with Gasteiger partial charge >= 0.3 is 5.97 Å². The molecule has 0 spiro atoms. The van der Waals surface area contributed by atoms with E-state index in [1.54, 1.807) is 43.3 Å². The van der Waals surface area contributed by atoms with Crippen LogP contribution in [0.2, 0.25) is 0 Å². The molecule has 1 unspecified atom stereocenters. The van der Waals surface area contributed by atoms with Crippen LogP contribution < -0.4 is 9.47 Å². The predicted molar refractivity (Wildman–Crippen MR) is 124 cm³/mol. The van der Waals surface area contributed by atoms with E-state index in [1.165, 1.54) is 0 Å². The normalized spacial score (nSPS) is 11.4. The van der Waals surface area contributed by atoms with Crippen LogP contribution in [0.4, 0.5) is 0 Å². The Hall–Kier alpha value is -4.18. The van der Waals surface area contributed by atoms with E-state index in [9.17, 15) is 9.59 Å². The Morgan fingerprint density at radius 3 is 1.72 bits per heavy atom. The van der Waals surface area contributed by atoms with Crippen molar-refractivity contribution >= 4 is 11.8 Å². The molecule has 0 radical (unpaired) electrons. The number of ketones is 1. The molecule has 4 aromatic rings. The monoisotopic (exact) mass is 422 g/mol. The molecule has 4 aromatic carbocycles. The molecule has 0 saturated carbocycles. The minimum Gasteiger partial charge on any atom is -0.479 e. The summed E-state index contributed by atoms with van der Waals surface area (Å²) in [6.07, 6.45) is -0.789. The molecule has 0 heterocycles. The van der Waals surface area contributed by atoms with Crippen LogP contribution in [0.15, 0.2) is 109 Å². The first kappa shape index (κ1) is 21.1. The molecule has 0 fully saturated rings. The van der Waals surface area contributed by atoms with Gasteiger partial charge in [-0.1, -0.05) is 72.8 Å². The summed E-state index contributed by atoms with van der Waals surface area (Å²) in [5.74, 6) is 0.339.